The minimum Gasteiger partial charge on any atom is -0.475 e. The topological polar surface area (TPSA) is 97.1 Å². The molecule has 0 spiro atoms. The lowest BCUT2D eigenvalue weighted by Gasteiger charge is -2.17. The van der Waals surface area contributed by atoms with Crippen molar-refractivity contribution in [3.05, 3.63) is 34.8 Å². The highest BCUT2D eigenvalue weighted by Gasteiger charge is 2.38. The normalized spacial score (nSPS) is 15.3. The van der Waals surface area contributed by atoms with Crippen molar-refractivity contribution in [1.29, 1.82) is 0 Å². The van der Waals surface area contributed by atoms with Crippen LogP contribution in [-0.4, -0.2) is 44.5 Å². The van der Waals surface area contributed by atoms with Crippen molar-refractivity contribution in [2.75, 3.05) is 6.54 Å². The van der Waals surface area contributed by atoms with E-state index in [1.54, 1.807) is 0 Å². The van der Waals surface area contributed by atoms with Gasteiger partial charge in [0.1, 0.15) is 5.69 Å². The number of carboxylic acid groups (broad SMARTS) is 1. The van der Waals surface area contributed by atoms with Crippen molar-refractivity contribution in [3.8, 4) is 11.3 Å². The number of nitrogens with zero attached hydrogens (tertiary/aromatic N) is 3. The molecule has 1 amide bonds. The molecule has 1 aliphatic carbocycles. The Morgan fingerprint density at radius 1 is 1.30 bits per heavy atom. The Hall–Kier alpha value is -2.91. The van der Waals surface area contributed by atoms with Crippen molar-refractivity contribution in [2.45, 2.75) is 38.9 Å². The SMILES string of the molecule is Cc1nccc2c1CCc1c-2nn2c1C(=O)NCCC2.O=C(O)C(F)(F)F. The zero-order valence-electron chi connectivity index (χ0n) is 14.4. The maximum Gasteiger partial charge on any atom is 0.490 e. The van der Waals surface area contributed by atoms with Crippen LogP contribution in [0.2, 0.25) is 0 Å². The van der Waals surface area contributed by atoms with Crippen LogP contribution in [-0.2, 0) is 24.2 Å². The highest BCUT2D eigenvalue weighted by atomic mass is 19.4. The number of aryl methyl sites for hydroxylation is 2. The van der Waals surface area contributed by atoms with Gasteiger partial charge in [-0.15, -0.1) is 0 Å². The summed E-state index contributed by atoms with van der Waals surface area (Å²) >= 11 is 0. The number of carbonyl (C=O) groups excluding carboxylic acids is 1. The van der Waals surface area contributed by atoms with Crippen LogP contribution in [0.5, 0.6) is 0 Å². The first kappa shape index (κ1) is 18.9. The molecular formula is C17H17F3N4O3. The second kappa shape index (κ2) is 7.01. The molecule has 144 valence electrons. The van der Waals surface area contributed by atoms with Gasteiger partial charge in [-0.2, -0.15) is 18.3 Å². The molecule has 2 aromatic heterocycles. The van der Waals surface area contributed by atoms with E-state index < -0.39 is 12.1 Å². The average molecular weight is 382 g/mol. The number of hydrogen-bond donors (Lipinski definition) is 2. The van der Waals surface area contributed by atoms with Crippen LogP contribution in [0.4, 0.5) is 13.2 Å². The van der Waals surface area contributed by atoms with Gasteiger partial charge in [-0.1, -0.05) is 0 Å². The minimum absolute atomic E-state index is 0.0190. The molecule has 0 saturated carbocycles. The van der Waals surface area contributed by atoms with E-state index in [9.17, 15) is 18.0 Å². The Bertz CT molecular complexity index is 906. The standard InChI is InChI=1S/C15H16N4O.C2HF3O2/c1-9-10-3-4-12-13(11(10)5-7-16-9)18-19-8-2-6-17-15(20)14(12)19;3-2(4,5)1(6)7/h5,7H,2-4,6,8H2,1H3,(H,17,20);(H,6,7). The van der Waals surface area contributed by atoms with Gasteiger partial charge in [0.2, 0.25) is 0 Å². The van der Waals surface area contributed by atoms with Crippen LogP contribution in [0.3, 0.4) is 0 Å². The van der Waals surface area contributed by atoms with Crippen molar-refractivity contribution in [1.82, 2.24) is 20.1 Å². The lowest BCUT2D eigenvalue weighted by molar-refractivity contribution is -0.192. The monoisotopic (exact) mass is 382 g/mol. The molecule has 0 aromatic carbocycles. The fourth-order valence-electron chi connectivity index (χ4n) is 3.27. The maximum absolute atomic E-state index is 12.2. The zero-order chi connectivity index (χ0) is 19.8. The largest absolute Gasteiger partial charge is 0.490 e. The van der Waals surface area contributed by atoms with E-state index in [-0.39, 0.29) is 5.91 Å². The van der Waals surface area contributed by atoms with Gasteiger partial charge in [-0.25, -0.2) is 4.79 Å². The molecule has 3 heterocycles. The molecule has 2 N–H and O–H groups in total. The number of carboxylic acids is 1. The molecule has 1 aliphatic heterocycles. The smallest absolute Gasteiger partial charge is 0.475 e. The van der Waals surface area contributed by atoms with Gasteiger partial charge in [0.05, 0.1) is 5.69 Å². The quantitative estimate of drug-likeness (QED) is 0.728. The number of pyridine rings is 1. The Morgan fingerprint density at radius 3 is 2.63 bits per heavy atom. The number of aromatic nitrogens is 3. The fraction of sp³-hybridized carbons (Fsp3) is 0.412. The summed E-state index contributed by atoms with van der Waals surface area (Å²) in [5.74, 6) is -2.74. The Labute approximate surface area is 152 Å². The third-order valence-electron chi connectivity index (χ3n) is 4.49. The van der Waals surface area contributed by atoms with Crippen LogP contribution in [0.1, 0.15) is 33.7 Å². The molecule has 2 aromatic rings. The Kier molecular flexibility index (Phi) is 4.90. The van der Waals surface area contributed by atoms with E-state index in [4.69, 9.17) is 15.0 Å². The van der Waals surface area contributed by atoms with Gasteiger partial charge in [-0.3, -0.25) is 14.5 Å². The van der Waals surface area contributed by atoms with Gasteiger partial charge in [-0.05, 0) is 37.8 Å². The van der Waals surface area contributed by atoms with E-state index >= 15 is 0 Å². The van der Waals surface area contributed by atoms with Crippen LogP contribution >= 0.6 is 0 Å². The van der Waals surface area contributed by atoms with Gasteiger partial charge < -0.3 is 10.4 Å². The molecule has 0 fully saturated rings. The number of alkyl halides is 3. The Morgan fingerprint density at radius 2 is 1.96 bits per heavy atom. The lowest BCUT2D eigenvalue weighted by atomic mass is 9.88. The number of hydrogen-bond acceptors (Lipinski definition) is 4. The van der Waals surface area contributed by atoms with Gasteiger partial charge in [0.25, 0.3) is 5.91 Å². The molecule has 2 aliphatic rings. The summed E-state index contributed by atoms with van der Waals surface area (Å²) in [5.41, 5.74) is 6.32. The van der Waals surface area contributed by atoms with E-state index in [2.05, 4.69) is 10.3 Å². The number of nitrogens with one attached hydrogen (secondary N) is 1. The van der Waals surface area contributed by atoms with Crippen molar-refractivity contribution in [2.24, 2.45) is 0 Å². The third kappa shape index (κ3) is 3.64. The van der Waals surface area contributed by atoms with Crippen molar-refractivity contribution < 1.29 is 27.9 Å². The molecule has 4 rings (SSSR count). The first-order valence-electron chi connectivity index (χ1n) is 8.33. The minimum atomic E-state index is -5.08. The second-order valence-electron chi connectivity index (χ2n) is 6.23. The molecule has 7 nitrogen and oxygen atoms in total. The van der Waals surface area contributed by atoms with E-state index in [1.807, 2.05) is 23.9 Å². The molecule has 0 unspecified atom stereocenters. The summed E-state index contributed by atoms with van der Waals surface area (Å²) in [5, 5.41) is 14.8. The second-order valence-corrected chi connectivity index (χ2v) is 6.23. The number of carbonyl (C=O) groups is 2. The van der Waals surface area contributed by atoms with Crippen LogP contribution in [0.15, 0.2) is 12.3 Å². The zero-order valence-corrected chi connectivity index (χ0v) is 14.4. The number of fused-ring (bicyclic) bond motifs is 5. The molecule has 0 radical (unpaired) electrons. The maximum atomic E-state index is 12.2. The molecule has 10 heteroatoms. The summed E-state index contributed by atoms with van der Waals surface area (Å²) in [6.45, 7) is 3.58. The summed E-state index contributed by atoms with van der Waals surface area (Å²) in [4.78, 5) is 25.5. The molecular weight excluding hydrogens is 365 g/mol. The van der Waals surface area contributed by atoms with Gasteiger partial charge >= 0.3 is 12.1 Å². The number of halogens is 3. The third-order valence-corrected chi connectivity index (χ3v) is 4.49. The van der Waals surface area contributed by atoms with Crippen molar-refractivity contribution in [3.63, 3.8) is 0 Å². The van der Waals surface area contributed by atoms with Crippen LogP contribution < -0.4 is 5.32 Å². The van der Waals surface area contributed by atoms with E-state index in [0.29, 0.717) is 0 Å². The number of aliphatic carboxylic acids is 1. The van der Waals surface area contributed by atoms with Crippen LogP contribution in [0.25, 0.3) is 11.3 Å². The first-order chi connectivity index (χ1) is 12.7. The van der Waals surface area contributed by atoms with E-state index in [0.717, 1.165) is 60.6 Å². The summed E-state index contributed by atoms with van der Waals surface area (Å²) in [7, 11) is 0. The first-order valence-corrected chi connectivity index (χ1v) is 8.33. The Balaban J connectivity index is 0.000000260. The predicted molar refractivity (Wildman–Crippen MR) is 88.2 cm³/mol. The predicted octanol–water partition coefficient (Wildman–Crippen LogP) is 2.12. The number of rotatable bonds is 0. The lowest BCUT2D eigenvalue weighted by Crippen LogP contribution is -2.24. The van der Waals surface area contributed by atoms with Crippen LogP contribution in [0, 0.1) is 6.92 Å². The average Bonchev–Trinajstić information content (AvgIpc) is 2.88. The molecule has 0 atom stereocenters. The highest BCUT2D eigenvalue weighted by Crippen LogP contribution is 2.35. The fourth-order valence-corrected chi connectivity index (χ4v) is 3.27. The molecule has 0 saturated heterocycles. The summed E-state index contributed by atoms with van der Waals surface area (Å²) in [6.07, 6.45) is -0.513. The molecule has 0 bridgehead atoms. The summed E-state index contributed by atoms with van der Waals surface area (Å²) < 4.78 is 33.6. The van der Waals surface area contributed by atoms with Crippen molar-refractivity contribution >= 4 is 11.9 Å². The highest BCUT2D eigenvalue weighted by molar-refractivity contribution is 5.96. The summed E-state index contributed by atoms with van der Waals surface area (Å²) in [6, 6.07) is 2.02. The molecule has 27 heavy (non-hydrogen) atoms. The van der Waals surface area contributed by atoms with E-state index in [1.165, 1.54) is 5.56 Å². The number of amides is 1. The van der Waals surface area contributed by atoms with Gasteiger partial charge in [0, 0.05) is 36.1 Å². The van der Waals surface area contributed by atoms with Gasteiger partial charge in [0.15, 0.2) is 0 Å².